The molecule has 0 unspecified atom stereocenters. The number of methoxy groups -OCH3 is 1. The highest BCUT2D eigenvalue weighted by Gasteiger charge is 2.36. The van der Waals surface area contributed by atoms with E-state index in [-0.39, 0.29) is 23.4 Å². The Balaban J connectivity index is 1.57. The minimum Gasteiger partial charge on any atom is -0.493 e. The van der Waals surface area contributed by atoms with Gasteiger partial charge in [-0.2, -0.15) is 0 Å². The van der Waals surface area contributed by atoms with Crippen molar-refractivity contribution in [3.05, 3.63) is 94.8 Å². The van der Waals surface area contributed by atoms with Crippen LogP contribution in [0.4, 0.5) is 14.9 Å². The number of imide groups is 2. The Labute approximate surface area is 204 Å². The van der Waals surface area contributed by atoms with Gasteiger partial charge in [0.05, 0.1) is 18.4 Å². The van der Waals surface area contributed by atoms with E-state index in [9.17, 15) is 23.6 Å². The number of carboxylic acid groups (broad SMARTS) is 1. The summed E-state index contributed by atoms with van der Waals surface area (Å²) >= 11 is 0. The molecule has 2 N–H and O–H groups in total. The molecule has 1 aliphatic rings. The van der Waals surface area contributed by atoms with Crippen molar-refractivity contribution in [3.8, 4) is 11.5 Å². The summed E-state index contributed by atoms with van der Waals surface area (Å²) in [6, 6.07) is 14.7. The van der Waals surface area contributed by atoms with Crippen LogP contribution < -0.4 is 19.7 Å². The van der Waals surface area contributed by atoms with Gasteiger partial charge in [0.1, 0.15) is 18.0 Å². The summed E-state index contributed by atoms with van der Waals surface area (Å²) < 4.78 is 24.4. The van der Waals surface area contributed by atoms with E-state index in [2.05, 4.69) is 5.32 Å². The monoisotopic (exact) mass is 490 g/mol. The molecule has 0 aromatic heterocycles. The van der Waals surface area contributed by atoms with Crippen molar-refractivity contribution in [2.75, 3.05) is 12.0 Å². The Morgan fingerprint density at radius 3 is 2.47 bits per heavy atom. The molecular weight excluding hydrogens is 471 g/mol. The van der Waals surface area contributed by atoms with Gasteiger partial charge >= 0.3 is 12.0 Å². The minimum absolute atomic E-state index is 0.0769. The second-order valence-electron chi connectivity index (χ2n) is 7.64. The average Bonchev–Trinajstić information content (AvgIpc) is 2.86. The summed E-state index contributed by atoms with van der Waals surface area (Å²) in [5, 5.41) is 11.2. The van der Waals surface area contributed by atoms with Crippen LogP contribution in [0.1, 0.15) is 21.5 Å². The Morgan fingerprint density at radius 1 is 1.03 bits per heavy atom. The number of halogens is 1. The van der Waals surface area contributed by atoms with Crippen LogP contribution in [-0.4, -0.2) is 36.0 Å². The van der Waals surface area contributed by atoms with Gasteiger partial charge in [-0.1, -0.05) is 18.2 Å². The molecule has 0 aliphatic carbocycles. The van der Waals surface area contributed by atoms with Crippen LogP contribution in [0, 0.1) is 5.82 Å². The lowest BCUT2D eigenvalue weighted by Gasteiger charge is -2.26. The van der Waals surface area contributed by atoms with Gasteiger partial charge in [-0.3, -0.25) is 14.9 Å². The molecule has 4 rings (SSSR count). The summed E-state index contributed by atoms with van der Waals surface area (Å²) in [5.41, 5.74) is 0.983. The molecule has 3 aromatic rings. The molecule has 182 valence electrons. The Morgan fingerprint density at radius 2 is 1.78 bits per heavy atom. The number of aromatic carboxylic acids is 1. The molecule has 3 aromatic carbocycles. The third-order valence-electron chi connectivity index (χ3n) is 5.25. The topological polar surface area (TPSA) is 122 Å². The number of nitrogens with one attached hydrogen (secondary N) is 1. The second kappa shape index (κ2) is 10.1. The molecule has 1 aliphatic heterocycles. The van der Waals surface area contributed by atoms with Crippen molar-refractivity contribution in [2.24, 2.45) is 0 Å². The molecular formula is C26H19FN2O7. The van der Waals surface area contributed by atoms with Crippen LogP contribution in [0.5, 0.6) is 11.5 Å². The lowest BCUT2D eigenvalue weighted by Crippen LogP contribution is -2.54. The van der Waals surface area contributed by atoms with E-state index in [1.165, 1.54) is 43.5 Å². The zero-order valence-electron chi connectivity index (χ0n) is 18.9. The number of barbiturate groups is 1. The van der Waals surface area contributed by atoms with E-state index in [0.717, 1.165) is 17.0 Å². The van der Waals surface area contributed by atoms with Crippen LogP contribution in [-0.2, 0) is 16.2 Å². The number of anilines is 1. The fourth-order valence-electron chi connectivity index (χ4n) is 3.50. The highest BCUT2D eigenvalue weighted by Crippen LogP contribution is 2.30. The van der Waals surface area contributed by atoms with Crippen LogP contribution in [0.3, 0.4) is 0 Å². The standard InChI is InChI=1S/C26H19FN2O7/c1-35-22-13-15(5-10-21(22)36-14-16-3-2-4-17(11-16)25(32)33)12-20-23(30)28-26(34)29(24(20)31)19-8-6-18(27)7-9-19/h2-13H,14H2,1H3,(H,32,33)(H,28,30,34)/b20-12+. The molecule has 1 saturated heterocycles. The number of hydrogen-bond donors (Lipinski definition) is 2. The summed E-state index contributed by atoms with van der Waals surface area (Å²) in [5.74, 6) is -2.68. The number of hydrogen-bond acceptors (Lipinski definition) is 6. The smallest absolute Gasteiger partial charge is 0.335 e. The number of carbonyl (C=O) groups is 4. The number of carbonyl (C=O) groups excluding carboxylic acids is 3. The lowest BCUT2D eigenvalue weighted by atomic mass is 10.1. The Kier molecular flexibility index (Phi) is 6.77. The number of amides is 4. The van der Waals surface area contributed by atoms with E-state index in [1.807, 2.05) is 0 Å². The summed E-state index contributed by atoms with van der Waals surface area (Å²) in [6.45, 7) is 0.0769. The van der Waals surface area contributed by atoms with Gasteiger partial charge in [0.2, 0.25) is 0 Å². The molecule has 4 amide bonds. The Bertz CT molecular complexity index is 1400. The third kappa shape index (κ3) is 5.07. The zero-order chi connectivity index (χ0) is 25.8. The van der Waals surface area contributed by atoms with E-state index in [1.54, 1.807) is 24.3 Å². The quantitative estimate of drug-likeness (QED) is 0.382. The van der Waals surface area contributed by atoms with Gasteiger partial charge in [-0.25, -0.2) is 18.9 Å². The van der Waals surface area contributed by atoms with Gasteiger partial charge in [-0.15, -0.1) is 0 Å². The predicted molar refractivity (Wildman–Crippen MR) is 126 cm³/mol. The number of benzene rings is 3. The van der Waals surface area contributed by atoms with Crippen molar-refractivity contribution >= 4 is 35.6 Å². The molecule has 0 bridgehead atoms. The van der Waals surface area contributed by atoms with Gasteiger partial charge in [0, 0.05) is 0 Å². The zero-order valence-corrected chi connectivity index (χ0v) is 18.9. The first-order valence-electron chi connectivity index (χ1n) is 10.6. The first kappa shape index (κ1) is 24.1. The highest BCUT2D eigenvalue weighted by molar-refractivity contribution is 6.39. The van der Waals surface area contributed by atoms with E-state index in [0.29, 0.717) is 22.6 Å². The van der Waals surface area contributed by atoms with Gasteiger partial charge in [0.25, 0.3) is 11.8 Å². The first-order chi connectivity index (χ1) is 17.3. The molecule has 0 radical (unpaired) electrons. The summed E-state index contributed by atoms with van der Waals surface area (Å²) in [6.07, 6.45) is 1.29. The summed E-state index contributed by atoms with van der Waals surface area (Å²) in [7, 11) is 1.41. The highest BCUT2D eigenvalue weighted by atomic mass is 19.1. The van der Waals surface area contributed by atoms with Crippen LogP contribution in [0.15, 0.2) is 72.3 Å². The molecule has 1 fully saturated rings. The van der Waals surface area contributed by atoms with Crippen molar-refractivity contribution in [2.45, 2.75) is 6.61 Å². The van der Waals surface area contributed by atoms with Gasteiger partial charge in [-0.05, 0) is 65.7 Å². The van der Waals surface area contributed by atoms with E-state index in [4.69, 9.17) is 14.6 Å². The largest absolute Gasteiger partial charge is 0.493 e. The van der Waals surface area contributed by atoms with E-state index >= 15 is 0 Å². The number of ether oxygens (including phenoxy) is 2. The number of rotatable bonds is 7. The van der Waals surface area contributed by atoms with E-state index < -0.39 is 29.6 Å². The molecule has 10 heteroatoms. The SMILES string of the molecule is COc1cc(/C=C2\C(=O)NC(=O)N(c3ccc(F)cc3)C2=O)ccc1OCc1cccc(C(=O)O)c1. The van der Waals surface area contributed by atoms with Crippen LogP contribution in [0.25, 0.3) is 6.08 Å². The van der Waals surface area contributed by atoms with Crippen molar-refractivity contribution in [1.82, 2.24) is 5.32 Å². The van der Waals surface area contributed by atoms with Gasteiger partial charge < -0.3 is 14.6 Å². The van der Waals surface area contributed by atoms with Gasteiger partial charge in [0.15, 0.2) is 11.5 Å². The van der Waals surface area contributed by atoms with Crippen LogP contribution >= 0.6 is 0 Å². The first-order valence-corrected chi connectivity index (χ1v) is 10.6. The maximum atomic E-state index is 13.3. The predicted octanol–water partition coefficient (Wildman–Crippen LogP) is 3.78. The maximum Gasteiger partial charge on any atom is 0.335 e. The maximum absolute atomic E-state index is 13.3. The minimum atomic E-state index is -1.05. The van der Waals surface area contributed by atoms with Crippen LogP contribution in [0.2, 0.25) is 0 Å². The Hall–Kier alpha value is -4.99. The lowest BCUT2D eigenvalue weighted by molar-refractivity contribution is -0.122. The number of urea groups is 1. The van der Waals surface area contributed by atoms with Crippen molar-refractivity contribution in [1.29, 1.82) is 0 Å². The molecule has 36 heavy (non-hydrogen) atoms. The third-order valence-corrected chi connectivity index (χ3v) is 5.25. The molecule has 0 saturated carbocycles. The molecule has 0 spiro atoms. The number of carboxylic acids is 1. The van der Waals surface area contributed by atoms with Crippen molar-refractivity contribution in [3.63, 3.8) is 0 Å². The fraction of sp³-hybridized carbons (Fsp3) is 0.0769. The molecule has 1 heterocycles. The number of nitrogens with zero attached hydrogens (tertiary/aromatic N) is 1. The average molecular weight is 490 g/mol. The fourth-order valence-corrected chi connectivity index (χ4v) is 3.50. The molecule has 9 nitrogen and oxygen atoms in total. The van der Waals surface area contributed by atoms with Crippen molar-refractivity contribution < 1.29 is 38.1 Å². The molecule has 0 atom stereocenters. The summed E-state index contributed by atoms with van der Waals surface area (Å²) in [4.78, 5) is 49.5. The second-order valence-corrected chi connectivity index (χ2v) is 7.64. The normalized spacial score (nSPS) is 14.6.